The third-order valence-electron chi connectivity index (χ3n) is 6.47. The molecule has 1 aromatic rings. The summed E-state index contributed by atoms with van der Waals surface area (Å²) in [6.45, 7) is 4.53. The largest absolute Gasteiger partial charge is 0.381 e. The Hall–Kier alpha value is -1.47. The van der Waals surface area contributed by atoms with E-state index in [0.29, 0.717) is 50.2 Å². The van der Waals surface area contributed by atoms with Gasteiger partial charge >= 0.3 is 0 Å². The Balaban J connectivity index is 1.11. The molecule has 7 nitrogen and oxygen atoms in total. The lowest BCUT2D eigenvalue weighted by atomic mass is 9.97. The van der Waals surface area contributed by atoms with Gasteiger partial charge in [0.1, 0.15) is 0 Å². The van der Waals surface area contributed by atoms with Gasteiger partial charge in [0.15, 0.2) is 5.82 Å². The van der Waals surface area contributed by atoms with Gasteiger partial charge in [0.05, 0.1) is 12.5 Å². The molecule has 0 atom stereocenters. The van der Waals surface area contributed by atoms with Crippen LogP contribution < -0.4 is 0 Å². The molecule has 3 aliphatic rings. The molecule has 1 saturated carbocycles. The van der Waals surface area contributed by atoms with Crippen molar-refractivity contribution in [2.24, 2.45) is 11.8 Å². The van der Waals surface area contributed by atoms with E-state index < -0.39 is 0 Å². The van der Waals surface area contributed by atoms with Crippen molar-refractivity contribution in [2.75, 3.05) is 39.5 Å². The molecule has 156 valence electrons. The minimum absolute atomic E-state index is 0.194. The van der Waals surface area contributed by atoms with Crippen LogP contribution in [0, 0.1) is 11.8 Å². The van der Waals surface area contributed by atoms with Gasteiger partial charge in [0.25, 0.3) is 0 Å². The summed E-state index contributed by atoms with van der Waals surface area (Å²) in [7, 11) is 0. The molecule has 2 aliphatic heterocycles. The number of carbonyl (C=O) groups is 1. The summed E-state index contributed by atoms with van der Waals surface area (Å²) in [6, 6.07) is 0. The van der Waals surface area contributed by atoms with E-state index in [1.807, 2.05) is 4.90 Å². The number of rotatable bonds is 9. The lowest BCUT2D eigenvalue weighted by Crippen LogP contribution is -2.48. The predicted molar refractivity (Wildman–Crippen MR) is 103 cm³/mol. The number of ether oxygens (including phenoxy) is 2. The zero-order valence-corrected chi connectivity index (χ0v) is 16.8. The van der Waals surface area contributed by atoms with Crippen molar-refractivity contribution in [2.45, 2.75) is 63.7 Å². The zero-order valence-electron chi connectivity index (χ0n) is 16.8. The van der Waals surface area contributed by atoms with Crippen molar-refractivity contribution in [3.63, 3.8) is 0 Å². The summed E-state index contributed by atoms with van der Waals surface area (Å²) in [6.07, 6.45) is 9.88. The molecule has 0 spiro atoms. The van der Waals surface area contributed by atoms with Gasteiger partial charge < -0.3 is 18.9 Å². The fourth-order valence-electron chi connectivity index (χ4n) is 4.48. The van der Waals surface area contributed by atoms with Gasteiger partial charge in [-0.2, -0.15) is 4.98 Å². The van der Waals surface area contributed by atoms with Crippen LogP contribution in [0.2, 0.25) is 0 Å². The molecular formula is C21H33N3O4. The van der Waals surface area contributed by atoms with Crippen molar-refractivity contribution in [1.29, 1.82) is 0 Å². The van der Waals surface area contributed by atoms with E-state index in [2.05, 4.69) is 10.1 Å². The number of carbonyl (C=O) groups excluding carboxylic acids is 1. The second-order valence-corrected chi connectivity index (χ2v) is 8.61. The van der Waals surface area contributed by atoms with E-state index in [0.717, 1.165) is 45.0 Å². The topological polar surface area (TPSA) is 77.7 Å². The van der Waals surface area contributed by atoms with Gasteiger partial charge in [-0.15, -0.1) is 0 Å². The van der Waals surface area contributed by atoms with Crippen LogP contribution in [0.4, 0.5) is 0 Å². The molecule has 4 rings (SSSR count). The van der Waals surface area contributed by atoms with Crippen molar-refractivity contribution in [1.82, 2.24) is 15.0 Å². The predicted octanol–water partition coefficient (Wildman–Crippen LogP) is 2.95. The first kappa shape index (κ1) is 19.8. The van der Waals surface area contributed by atoms with Gasteiger partial charge in [0.2, 0.25) is 11.8 Å². The molecule has 0 N–H and O–H groups in total. The van der Waals surface area contributed by atoms with E-state index in [4.69, 9.17) is 14.0 Å². The molecular weight excluding hydrogens is 358 g/mol. The number of nitrogens with zero attached hydrogens (tertiary/aromatic N) is 3. The minimum atomic E-state index is 0.194. The molecule has 0 bridgehead atoms. The van der Waals surface area contributed by atoms with Crippen LogP contribution in [0.15, 0.2) is 4.52 Å². The summed E-state index contributed by atoms with van der Waals surface area (Å²) < 4.78 is 16.6. The van der Waals surface area contributed by atoms with Gasteiger partial charge in [-0.1, -0.05) is 30.8 Å². The maximum Gasteiger partial charge on any atom is 0.233 e. The van der Waals surface area contributed by atoms with Crippen LogP contribution in [0.3, 0.4) is 0 Å². The molecule has 28 heavy (non-hydrogen) atoms. The minimum Gasteiger partial charge on any atom is -0.381 e. The molecule has 1 aromatic heterocycles. The van der Waals surface area contributed by atoms with Crippen molar-refractivity contribution < 1.29 is 18.8 Å². The summed E-state index contributed by atoms with van der Waals surface area (Å²) in [5, 5.41) is 4.07. The Morgan fingerprint density at radius 1 is 1.11 bits per heavy atom. The summed E-state index contributed by atoms with van der Waals surface area (Å²) in [5.74, 6) is 3.23. The lowest BCUT2D eigenvalue weighted by Gasteiger charge is -2.37. The third-order valence-corrected chi connectivity index (χ3v) is 6.47. The first-order valence-electron chi connectivity index (χ1n) is 11.0. The summed E-state index contributed by atoms with van der Waals surface area (Å²) in [5.41, 5.74) is 0. The Morgan fingerprint density at radius 2 is 1.89 bits per heavy atom. The maximum atomic E-state index is 12.3. The quantitative estimate of drug-likeness (QED) is 0.602. The first-order chi connectivity index (χ1) is 13.8. The highest BCUT2D eigenvalue weighted by atomic mass is 16.5. The smallest absolute Gasteiger partial charge is 0.233 e. The average molecular weight is 392 g/mol. The highest BCUT2D eigenvalue weighted by Gasteiger charge is 2.35. The highest BCUT2D eigenvalue weighted by molar-refractivity contribution is 5.77. The van der Waals surface area contributed by atoms with Gasteiger partial charge in [-0.3, -0.25) is 4.79 Å². The number of hydrogen-bond donors (Lipinski definition) is 0. The summed E-state index contributed by atoms with van der Waals surface area (Å²) >= 11 is 0. The normalized spacial score (nSPS) is 21.9. The number of amides is 1. The monoisotopic (exact) mass is 391 g/mol. The van der Waals surface area contributed by atoms with Crippen LogP contribution in [0.1, 0.15) is 69.0 Å². The molecule has 1 aliphatic carbocycles. The van der Waals surface area contributed by atoms with Crippen molar-refractivity contribution in [3.8, 4) is 0 Å². The van der Waals surface area contributed by atoms with Crippen LogP contribution >= 0.6 is 0 Å². The van der Waals surface area contributed by atoms with Gasteiger partial charge in [-0.25, -0.2) is 0 Å². The van der Waals surface area contributed by atoms with Gasteiger partial charge in [-0.05, 0) is 31.1 Å². The Morgan fingerprint density at radius 3 is 2.68 bits per heavy atom. The second-order valence-electron chi connectivity index (χ2n) is 8.61. The molecule has 2 saturated heterocycles. The number of aromatic nitrogens is 2. The Kier molecular flexibility index (Phi) is 6.96. The first-order valence-corrected chi connectivity index (χ1v) is 11.0. The van der Waals surface area contributed by atoms with Crippen molar-refractivity contribution >= 4 is 5.91 Å². The fraction of sp³-hybridized carbons (Fsp3) is 0.857. The lowest BCUT2D eigenvalue weighted by molar-refractivity contribution is -0.136. The average Bonchev–Trinajstić information content (AvgIpc) is 3.35. The highest BCUT2D eigenvalue weighted by Crippen LogP contribution is 2.30. The number of likely N-dealkylation sites (tertiary alicyclic amines) is 1. The second kappa shape index (κ2) is 9.83. The van der Waals surface area contributed by atoms with Gasteiger partial charge in [0, 0.05) is 45.8 Å². The van der Waals surface area contributed by atoms with E-state index in [-0.39, 0.29) is 11.8 Å². The van der Waals surface area contributed by atoms with E-state index >= 15 is 0 Å². The molecule has 7 heteroatoms. The van der Waals surface area contributed by atoms with Crippen LogP contribution in [-0.2, 0) is 20.7 Å². The molecule has 3 fully saturated rings. The SMILES string of the molecule is O=C(CCC1CCCC1)N1CC(c2nc(CCOCC3CCOCC3)no2)C1. The number of hydrogen-bond acceptors (Lipinski definition) is 6. The third kappa shape index (κ3) is 5.32. The van der Waals surface area contributed by atoms with E-state index in [9.17, 15) is 4.79 Å². The van der Waals surface area contributed by atoms with Crippen LogP contribution in [0.5, 0.6) is 0 Å². The van der Waals surface area contributed by atoms with Crippen molar-refractivity contribution in [3.05, 3.63) is 11.7 Å². The maximum absolute atomic E-state index is 12.3. The standard InChI is InChI=1S/C21H33N3O4/c25-20(6-5-16-3-1-2-4-16)24-13-18(14-24)21-22-19(23-28-21)9-12-27-15-17-7-10-26-11-8-17/h16-18H,1-15H2. The van der Waals surface area contributed by atoms with E-state index in [1.54, 1.807) is 0 Å². The zero-order chi connectivity index (χ0) is 19.2. The Labute approximate surface area is 167 Å². The Bertz CT molecular complexity index is 617. The molecule has 0 unspecified atom stereocenters. The fourth-order valence-corrected chi connectivity index (χ4v) is 4.48. The van der Waals surface area contributed by atoms with Crippen LogP contribution in [0.25, 0.3) is 0 Å². The van der Waals surface area contributed by atoms with E-state index in [1.165, 1.54) is 25.7 Å². The molecule has 3 heterocycles. The molecule has 0 aromatic carbocycles. The van der Waals surface area contributed by atoms with Crippen LogP contribution in [-0.4, -0.2) is 60.5 Å². The molecule has 1 amide bonds. The summed E-state index contributed by atoms with van der Waals surface area (Å²) in [4.78, 5) is 18.7. The molecule has 0 radical (unpaired) electrons.